The van der Waals surface area contributed by atoms with Crippen LogP contribution in [-0.2, 0) is 9.59 Å². The van der Waals surface area contributed by atoms with Gasteiger partial charge in [0.1, 0.15) is 0 Å². The van der Waals surface area contributed by atoms with Crippen molar-refractivity contribution in [3.63, 3.8) is 0 Å². The molecule has 0 radical (unpaired) electrons. The monoisotopic (exact) mass is 255 g/mol. The van der Waals surface area contributed by atoms with Gasteiger partial charge in [0.2, 0.25) is 5.91 Å². The zero-order valence-electron chi connectivity index (χ0n) is 11.8. The summed E-state index contributed by atoms with van der Waals surface area (Å²) in [5.74, 6) is -1.28. The summed E-state index contributed by atoms with van der Waals surface area (Å²) < 4.78 is 0. The zero-order chi connectivity index (χ0) is 13.9. The van der Waals surface area contributed by atoms with Crippen LogP contribution in [-0.4, -0.2) is 34.5 Å². The molecule has 104 valence electrons. The normalized spacial score (nSPS) is 29.0. The maximum absolute atomic E-state index is 12.5. The molecule has 1 amide bonds. The Bertz CT molecular complexity index is 316. The number of aliphatic carboxylic acids is 1. The molecule has 1 N–H and O–H groups in total. The molecule has 0 aromatic heterocycles. The molecule has 4 unspecified atom stereocenters. The van der Waals surface area contributed by atoms with Gasteiger partial charge in [-0.25, -0.2) is 0 Å². The molecule has 0 aromatic carbocycles. The minimum absolute atomic E-state index is 0.0311. The molecule has 1 aliphatic rings. The number of hydrogen-bond donors (Lipinski definition) is 1. The summed E-state index contributed by atoms with van der Waals surface area (Å²) >= 11 is 0. The van der Waals surface area contributed by atoms with Crippen LogP contribution in [0.2, 0.25) is 0 Å². The Kier molecular flexibility index (Phi) is 5.17. The van der Waals surface area contributed by atoms with Gasteiger partial charge in [-0.15, -0.1) is 0 Å². The molecule has 1 rings (SSSR count). The molecule has 4 nitrogen and oxygen atoms in total. The highest BCUT2D eigenvalue weighted by molar-refractivity contribution is 5.85. The molecule has 0 aliphatic heterocycles. The van der Waals surface area contributed by atoms with E-state index in [1.807, 2.05) is 32.6 Å². The van der Waals surface area contributed by atoms with Crippen molar-refractivity contribution in [2.75, 3.05) is 6.54 Å². The van der Waals surface area contributed by atoms with Crippen LogP contribution in [0.3, 0.4) is 0 Å². The van der Waals surface area contributed by atoms with Crippen LogP contribution in [0.25, 0.3) is 0 Å². The summed E-state index contributed by atoms with van der Waals surface area (Å²) in [5.41, 5.74) is 0. The van der Waals surface area contributed by atoms with Crippen molar-refractivity contribution < 1.29 is 14.7 Å². The third-order valence-corrected chi connectivity index (χ3v) is 4.18. The summed E-state index contributed by atoms with van der Waals surface area (Å²) in [4.78, 5) is 25.6. The van der Waals surface area contributed by atoms with Gasteiger partial charge in [-0.3, -0.25) is 9.59 Å². The van der Waals surface area contributed by atoms with Crippen LogP contribution in [0.1, 0.15) is 47.0 Å². The van der Waals surface area contributed by atoms with Gasteiger partial charge in [0.05, 0.1) is 11.8 Å². The van der Waals surface area contributed by atoms with Crippen molar-refractivity contribution in [2.24, 2.45) is 17.8 Å². The van der Waals surface area contributed by atoms with Crippen LogP contribution in [0.15, 0.2) is 0 Å². The molecule has 18 heavy (non-hydrogen) atoms. The Morgan fingerprint density at radius 1 is 1.28 bits per heavy atom. The van der Waals surface area contributed by atoms with Gasteiger partial charge in [0.15, 0.2) is 0 Å². The Balaban J connectivity index is 2.83. The van der Waals surface area contributed by atoms with Crippen LogP contribution in [0, 0.1) is 17.8 Å². The van der Waals surface area contributed by atoms with E-state index < -0.39 is 11.9 Å². The lowest BCUT2D eigenvalue weighted by atomic mass is 9.94. The zero-order valence-corrected chi connectivity index (χ0v) is 11.8. The van der Waals surface area contributed by atoms with Crippen molar-refractivity contribution in [3.8, 4) is 0 Å². The molecule has 4 heteroatoms. The summed E-state index contributed by atoms with van der Waals surface area (Å²) in [7, 11) is 0. The number of amides is 1. The van der Waals surface area contributed by atoms with E-state index in [1.165, 1.54) is 0 Å². The minimum Gasteiger partial charge on any atom is -0.481 e. The number of carboxylic acids is 1. The van der Waals surface area contributed by atoms with Crippen molar-refractivity contribution in [2.45, 2.75) is 53.0 Å². The number of carbonyl (C=O) groups is 2. The first-order valence-corrected chi connectivity index (χ1v) is 6.95. The van der Waals surface area contributed by atoms with E-state index in [0.717, 1.165) is 6.42 Å². The van der Waals surface area contributed by atoms with E-state index in [0.29, 0.717) is 25.3 Å². The van der Waals surface area contributed by atoms with Gasteiger partial charge in [-0.2, -0.15) is 0 Å². The average molecular weight is 255 g/mol. The number of carbonyl (C=O) groups excluding carboxylic acids is 1. The lowest BCUT2D eigenvalue weighted by molar-refractivity contribution is -0.149. The second kappa shape index (κ2) is 6.21. The van der Waals surface area contributed by atoms with Gasteiger partial charge in [0, 0.05) is 12.6 Å². The highest BCUT2D eigenvalue weighted by atomic mass is 16.4. The van der Waals surface area contributed by atoms with Crippen molar-refractivity contribution in [3.05, 3.63) is 0 Å². The van der Waals surface area contributed by atoms with Gasteiger partial charge >= 0.3 is 5.97 Å². The predicted molar refractivity (Wildman–Crippen MR) is 70.2 cm³/mol. The van der Waals surface area contributed by atoms with Crippen LogP contribution in [0.5, 0.6) is 0 Å². The molecule has 1 aliphatic carbocycles. The number of rotatable bonds is 5. The fourth-order valence-corrected chi connectivity index (χ4v) is 2.96. The van der Waals surface area contributed by atoms with Gasteiger partial charge < -0.3 is 10.0 Å². The Hall–Kier alpha value is -1.06. The second-order valence-corrected chi connectivity index (χ2v) is 5.51. The molecule has 0 heterocycles. The van der Waals surface area contributed by atoms with Crippen molar-refractivity contribution in [1.29, 1.82) is 0 Å². The molecule has 1 saturated carbocycles. The van der Waals surface area contributed by atoms with Crippen LogP contribution in [0.4, 0.5) is 0 Å². The lowest BCUT2D eigenvalue weighted by Gasteiger charge is -2.31. The molecule has 4 atom stereocenters. The Morgan fingerprint density at radius 3 is 2.28 bits per heavy atom. The van der Waals surface area contributed by atoms with Crippen molar-refractivity contribution in [1.82, 2.24) is 4.90 Å². The SMILES string of the molecule is CCC(C)N(CC)C(=O)C1CC(C)CC1C(=O)O. The molecule has 0 spiro atoms. The molecule has 0 saturated heterocycles. The van der Waals surface area contributed by atoms with Gasteiger partial charge in [-0.1, -0.05) is 13.8 Å². The fourth-order valence-electron chi connectivity index (χ4n) is 2.96. The van der Waals surface area contributed by atoms with Crippen molar-refractivity contribution >= 4 is 11.9 Å². The molecule has 0 bridgehead atoms. The summed E-state index contributed by atoms with van der Waals surface area (Å²) in [5, 5.41) is 9.23. The fraction of sp³-hybridized carbons (Fsp3) is 0.857. The van der Waals surface area contributed by atoms with E-state index in [9.17, 15) is 14.7 Å². The smallest absolute Gasteiger partial charge is 0.307 e. The van der Waals surface area contributed by atoms with Crippen LogP contribution < -0.4 is 0 Å². The number of carboxylic acid groups (broad SMARTS) is 1. The first kappa shape index (κ1) is 15.0. The summed E-state index contributed by atoms with van der Waals surface area (Å²) in [6.45, 7) is 8.72. The Morgan fingerprint density at radius 2 is 1.83 bits per heavy atom. The van der Waals surface area contributed by atoms with E-state index >= 15 is 0 Å². The van der Waals surface area contributed by atoms with E-state index in [2.05, 4.69) is 0 Å². The first-order valence-electron chi connectivity index (χ1n) is 6.95. The number of nitrogens with zero attached hydrogens (tertiary/aromatic N) is 1. The van der Waals surface area contributed by atoms with Crippen LogP contribution >= 0.6 is 0 Å². The predicted octanol–water partition coefficient (Wildman–Crippen LogP) is 2.38. The molecule has 0 aromatic rings. The lowest BCUT2D eigenvalue weighted by Crippen LogP contribution is -2.43. The highest BCUT2D eigenvalue weighted by Gasteiger charge is 2.43. The first-order chi connectivity index (χ1) is 8.42. The summed E-state index contributed by atoms with van der Waals surface area (Å²) in [6, 6.07) is 0.188. The Labute approximate surface area is 109 Å². The maximum atomic E-state index is 12.5. The standard InChI is InChI=1S/C14H25NO3/c1-5-10(4)15(6-2)13(16)11-7-9(3)8-12(11)14(17)18/h9-12H,5-8H2,1-4H3,(H,17,18). The third-order valence-electron chi connectivity index (χ3n) is 4.18. The van der Waals surface area contributed by atoms with E-state index in [-0.39, 0.29) is 17.9 Å². The second-order valence-electron chi connectivity index (χ2n) is 5.51. The maximum Gasteiger partial charge on any atom is 0.307 e. The number of hydrogen-bond acceptors (Lipinski definition) is 2. The van der Waals surface area contributed by atoms with Gasteiger partial charge in [0.25, 0.3) is 0 Å². The molecular formula is C14H25NO3. The molecular weight excluding hydrogens is 230 g/mol. The largest absolute Gasteiger partial charge is 0.481 e. The average Bonchev–Trinajstić information content (AvgIpc) is 2.72. The van der Waals surface area contributed by atoms with E-state index in [1.54, 1.807) is 0 Å². The topological polar surface area (TPSA) is 57.6 Å². The minimum atomic E-state index is -0.821. The van der Waals surface area contributed by atoms with Gasteiger partial charge in [-0.05, 0) is 39.0 Å². The third kappa shape index (κ3) is 3.03. The quantitative estimate of drug-likeness (QED) is 0.820. The molecule has 1 fully saturated rings. The van der Waals surface area contributed by atoms with E-state index in [4.69, 9.17) is 0 Å². The highest BCUT2D eigenvalue weighted by Crippen LogP contribution is 2.37. The summed E-state index contributed by atoms with van der Waals surface area (Å²) in [6.07, 6.45) is 2.24.